The minimum atomic E-state index is 0.671. The Balaban J connectivity index is 1.74. The molecule has 0 N–H and O–H groups in total. The Hall–Kier alpha value is -2.69. The third kappa shape index (κ3) is 2.98. The van der Waals surface area contributed by atoms with Crippen LogP contribution in [0.2, 0.25) is 0 Å². The second-order valence-corrected chi connectivity index (χ2v) is 5.05. The summed E-state index contributed by atoms with van der Waals surface area (Å²) in [6.07, 6.45) is 4.23. The Labute approximate surface area is 129 Å². The van der Waals surface area contributed by atoms with Crippen LogP contribution in [0.25, 0.3) is 11.2 Å². The maximum absolute atomic E-state index is 5.39. The fourth-order valence-corrected chi connectivity index (χ4v) is 2.37. The number of benzene rings is 1. The molecule has 5 heteroatoms. The van der Waals surface area contributed by atoms with Gasteiger partial charge in [-0.05, 0) is 30.2 Å². The smallest absolute Gasteiger partial charge is 0.180 e. The molecule has 0 aliphatic carbocycles. The molecule has 2 heterocycles. The summed E-state index contributed by atoms with van der Waals surface area (Å²) < 4.78 is 5.39. The van der Waals surface area contributed by atoms with Crippen molar-refractivity contribution in [3.05, 3.63) is 54.4 Å². The van der Waals surface area contributed by atoms with Gasteiger partial charge in [-0.15, -0.1) is 0 Å². The molecule has 3 rings (SSSR count). The van der Waals surface area contributed by atoms with E-state index in [0.717, 1.165) is 30.0 Å². The number of methoxy groups -OCH3 is 1. The molecular weight excluding hydrogens is 276 g/mol. The van der Waals surface area contributed by atoms with Gasteiger partial charge in [0.25, 0.3) is 0 Å². The summed E-state index contributed by atoms with van der Waals surface area (Å²) in [6.45, 7) is 0.846. The molecule has 3 aromatic rings. The second kappa shape index (κ2) is 6.39. The van der Waals surface area contributed by atoms with Crippen molar-refractivity contribution in [1.29, 1.82) is 0 Å². The molecule has 0 aliphatic rings. The van der Waals surface area contributed by atoms with Gasteiger partial charge in [0.1, 0.15) is 17.1 Å². The van der Waals surface area contributed by atoms with Crippen LogP contribution in [0.1, 0.15) is 5.56 Å². The maximum atomic E-state index is 5.39. The van der Waals surface area contributed by atoms with Gasteiger partial charge in [0.15, 0.2) is 5.65 Å². The highest BCUT2D eigenvalue weighted by Gasteiger charge is 2.07. The number of ether oxygens (including phenoxy) is 1. The van der Waals surface area contributed by atoms with Gasteiger partial charge in [0.05, 0.1) is 7.11 Å². The quantitative estimate of drug-likeness (QED) is 0.724. The first-order valence-electron chi connectivity index (χ1n) is 7.19. The van der Waals surface area contributed by atoms with Crippen LogP contribution in [-0.2, 0) is 6.42 Å². The average Bonchev–Trinajstić information content (AvgIpc) is 2.59. The van der Waals surface area contributed by atoms with E-state index in [1.54, 1.807) is 19.5 Å². The van der Waals surface area contributed by atoms with Crippen LogP contribution in [0.3, 0.4) is 0 Å². The van der Waals surface area contributed by atoms with Crippen LogP contribution >= 0.6 is 0 Å². The molecule has 0 radical (unpaired) electrons. The van der Waals surface area contributed by atoms with Gasteiger partial charge in [-0.3, -0.25) is 4.98 Å². The van der Waals surface area contributed by atoms with Gasteiger partial charge in [0.2, 0.25) is 0 Å². The highest BCUT2D eigenvalue weighted by Crippen LogP contribution is 2.19. The van der Waals surface area contributed by atoms with E-state index in [1.807, 2.05) is 37.4 Å². The highest BCUT2D eigenvalue weighted by atomic mass is 16.5. The van der Waals surface area contributed by atoms with Crippen molar-refractivity contribution in [2.24, 2.45) is 0 Å². The molecule has 5 nitrogen and oxygen atoms in total. The lowest BCUT2D eigenvalue weighted by molar-refractivity contribution is 0.409. The number of hydrogen-bond acceptors (Lipinski definition) is 5. The van der Waals surface area contributed by atoms with Crippen molar-refractivity contribution in [2.75, 3.05) is 25.6 Å². The van der Waals surface area contributed by atoms with Crippen LogP contribution in [0, 0.1) is 0 Å². The highest BCUT2D eigenvalue weighted by molar-refractivity contribution is 5.71. The Morgan fingerprint density at radius 1 is 1.05 bits per heavy atom. The van der Waals surface area contributed by atoms with Crippen LogP contribution in [0.4, 0.5) is 5.82 Å². The lowest BCUT2D eigenvalue weighted by Crippen LogP contribution is -2.21. The zero-order valence-electron chi connectivity index (χ0n) is 12.7. The number of fused-ring (bicyclic) bond motifs is 1. The summed E-state index contributed by atoms with van der Waals surface area (Å²) in [4.78, 5) is 15.2. The number of hydrogen-bond donors (Lipinski definition) is 0. The molecule has 0 saturated carbocycles. The van der Waals surface area contributed by atoms with E-state index < -0.39 is 0 Å². The number of anilines is 1. The molecule has 0 unspecified atom stereocenters. The van der Waals surface area contributed by atoms with Crippen molar-refractivity contribution in [2.45, 2.75) is 6.42 Å². The van der Waals surface area contributed by atoms with Crippen LogP contribution in [0.15, 0.2) is 48.8 Å². The third-order valence-electron chi connectivity index (χ3n) is 3.62. The van der Waals surface area contributed by atoms with Crippen molar-refractivity contribution < 1.29 is 4.74 Å². The van der Waals surface area contributed by atoms with Crippen molar-refractivity contribution in [3.63, 3.8) is 0 Å². The number of pyridine rings is 1. The zero-order valence-corrected chi connectivity index (χ0v) is 12.7. The van der Waals surface area contributed by atoms with E-state index in [0.29, 0.717) is 5.65 Å². The van der Waals surface area contributed by atoms with Crippen molar-refractivity contribution >= 4 is 17.0 Å². The van der Waals surface area contributed by atoms with Gasteiger partial charge in [0, 0.05) is 26.0 Å². The van der Waals surface area contributed by atoms with Gasteiger partial charge < -0.3 is 9.64 Å². The van der Waals surface area contributed by atoms with Crippen molar-refractivity contribution in [3.8, 4) is 5.75 Å². The molecule has 0 atom stereocenters. The maximum Gasteiger partial charge on any atom is 0.180 e. The standard InChI is InChI=1S/C17H18N4O/c1-21(12-9-13-5-3-4-6-15(13)22-2)16-8-7-14-17(20-16)19-11-10-18-14/h3-8,10-11H,9,12H2,1-2H3. The number of aromatic nitrogens is 3. The Kier molecular flexibility index (Phi) is 4.14. The summed E-state index contributed by atoms with van der Waals surface area (Å²) in [7, 11) is 3.73. The molecule has 2 aromatic heterocycles. The summed E-state index contributed by atoms with van der Waals surface area (Å²) >= 11 is 0. The lowest BCUT2D eigenvalue weighted by Gasteiger charge is -2.19. The van der Waals surface area contributed by atoms with Gasteiger partial charge in [-0.1, -0.05) is 18.2 Å². The molecule has 0 amide bonds. The number of likely N-dealkylation sites (N-methyl/N-ethyl adjacent to an activating group) is 1. The summed E-state index contributed by atoms with van der Waals surface area (Å²) in [5, 5.41) is 0. The van der Waals surface area contributed by atoms with Crippen LogP contribution in [0.5, 0.6) is 5.75 Å². The molecule has 22 heavy (non-hydrogen) atoms. The molecular formula is C17H18N4O. The fraction of sp³-hybridized carbons (Fsp3) is 0.235. The molecule has 0 aliphatic heterocycles. The molecule has 0 bridgehead atoms. The zero-order chi connectivity index (χ0) is 15.4. The number of nitrogens with zero attached hydrogens (tertiary/aromatic N) is 4. The largest absolute Gasteiger partial charge is 0.496 e. The molecule has 0 spiro atoms. The third-order valence-corrected chi connectivity index (χ3v) is 3.62. The molecule has 1 aromatic carbocycles. The van der Waals surface area contributed by atoms with Crippen molar-refractivity contribution in [1.82, 2.24) is 15.0 Å². The summed E-state index contributed by atoms with van der Waals surface area (Å²) in [5.74, 6) is 1.82. The second-order valence-electron chi connectivity index (χ2n) is 5.05. The van der Waals surface area contributed by atoms with Crippen LogP contribution < -0.4 is 9.64 Å². The first kappa shape index (κ1) is 14.3. The fourth-order valence-electron chi connectivity index (χ4n) is 2.37. The first-order chi connectivity index (χ1) is 10.8. The normalized spacial score (nSPS) is 10.6. The molecule has 0 fully saturated rings. The predicted octanol–water partition coefficient (Wildman–Crippen LogP) is 2.71. The topological polar surface area (TPSA) is 51.1 Å². The Morgan fingerprint density at radius 3 is 2.73 bits per heavy atom. The van der Waals surface area contributed by atoms with Gasteiger partial charge in [-0.25, -0.2) is 9.97 Å². The average molecular weight is 294 g/mol. The molecule has 0 saturated heterocycles. The number of para-hydroxylation sites is 1. The van der Waals surface area contributed by atoms with E-state index in [-0.39, 0.29) is 0 Å². The number of rotatable bonds is 5. The molecule has 112 valence electrons. The van der Waals surface area contributed by atoms with Gasteiger partial charge >= 0.3 is 0 Å². The van der Waals surface area contributed by atoms with Crippen LogP contribution in [-0.4, -0.2) is 35.7 Å². The first-order valence-corrected chi connectivity index (χ1v) is 7.19. The van der Waals surface area contributed by atoms with E-state index in [4.69, 9.17) is 4.74 Å². The minimum absolute atomic E-state index is 0.671. The minimum Gasteiger partial charge on any atom is -0.496 e. The monoisotopic (exact) mass is 294 g/mol. The van der Waals surface area contributed by atoms with E-state index in [1.165, 1.54) is 5.56 Å². The van der Waals surface area contributed by atoms with Gasteiger partial charge in [-0.2, -0.15) is 0 Å². The Morgan fingerprint density at radius 2 is 1.86 bits per heavy atom. The summed E-state index contributed by atoms with van der Waals surface area (Å²) in [6, 6.07) is 12.0. The van der Waals surface area contributed by atoms with E-state index in [2.05, 4.69) is 25.9 Å². The summed E-state index contributed by atoms with van der Waals surface area (Å²) in [5.41, 5.74) is 2.67. The SMILES string of the molecule is COc1ccccc1CCN(C)c1ccc2nccnc2n1. The van der Waals surface area contributed by atoms with E-state index >= 15 is 0 Å². The Bertz CT molecular complexity index is 775. The predicted molar refractivity (Wildman–Crippen MR) is 87.3 cm³/mol. The lowest BCUT2D eigenvalue weighted by atomic mass is 10.1. The van der Waals surface area contributed by atoms with E-state index in [9.17, 15) is 0 Å².